The van der Waals surface area contributed by atoms with Crippen molar-refractivity contribution in [2.75, 3.05) is 12.3 Å². The molecule has 7 N–H and O–H groups in total. The van der Waals surface area contributed by atoms with Crippen LogP contribution in [0.1, 0.15) is 6.23 Å². The summed E-state index contributed by atoms with van der Waals surface area (Å²) in [4.78, 5) is 33.1. The Morgan fingerprint density at radius 1 is 1.34 bits per heavy atom. The van der Waals surface area contributed by atoms with Gasteiger partial charge in [-0.25, -0.2) is 28.0 Å². The van der Waals surface area contributed by atoms with E-state index >= 15 is 0 Å². The number of aromatic nitrogens is 2. The van der Waals surface area contributed by atoms with Gasteiger partial charge in [0.25, 0.3) is 6.43 Å². The molecule has 0 aliphatic carbocycles. The van der Waals surface area contributed by atoms with E-state index < -0.39 is 66.7 Å². The predicted molar refractivity (Wildman–Crippen MR) is 92.9 cm³/mol. The number of phosphoric acid groups is 2. The number of hydrogen-bond donors (Lipinski definition) is 6. The van der Waals surface area contributed by atoms with Crippen LogP contribution in [0.4, 0.5) is 14.6 Å². The second-order valence-corrected chi connectivity index (χ2v) is 9.97. The monoisotopic (exact) mass is 532 g/mol. The molecule has 2 rings (SSSR count). The minimum atomic E-state index is -5.70. The molecule has 32 heavy (non-hydrogen) atoms. The lowest BCUT2D eigenvalue weighted by atomic mass is 9.96. The highest BCUT2D eigenvalue weighted by atomic mass is 31.3. The van der Waals surface area contributed by atoms with Crippen LogP contribution in [-0.2, 0) is 36.3 Å². The van der Waals surface area contributed by atoms with E-state index in [9.17, 15) is 37.5 Å². The van der Waals surface area contributed by atoms with Crippen LogP contribution in [0.2, 0.25) is 0 Å². The molecule has 7 atom stereocenters. The lowest BCUT2D eigenvalue weighted by molar-refractivity contribution is -0.192. The molecule has 0 spiro atoms. The van der Waals surface area contributed by atoms with Crippen molar-refractivity contribution >= 4 is 29.7 Å². The van der Waals surface area contributed by atoms with Gasteiger partial charge in [0.1, 0.15) is 24.6 Å². The van der Waals surface area contributed by atoms with Gasteiger partial charge in [-0.1, -0.05) is 0 Å². The van der Waals surface area contributed by atoms with Crippen molar-refractivity contribution in [2.45, 2.75) is 30.5 Å². The van der Waals surface area contributed by atoms with E-state index in [1.807, 2.05) is 0 Å². The average Bonchev–Trinajstić information content (AvgIpc) is 2.91. The maximum Gasteiger partial charge on any atom is 0.708 e. The third kappa shape index (κ3) is 5.98. The number of alkyl halides is 2. The first-order chi connectivity index (χ1) is 14.6. The summed E-state index contributed by atoms with van der Waals surface area (Å²) in [7, 11) is -15.1. The number of hydrogen-bond acceptors (Lipinski definition) is 14. The van der Waals surface area contributed by atoms with Crippen LogP contribution in [0, 0.1) is 0 Å². The lowest BCUT2D eigenvalue weighted by Crippen LogP contribution is -2.52. The van der Waals surface area contributed by atoms with Crippen molar-refractivity contribution < 1.29 is 70.3 Å². The zero-order chi connectivity index (χ0) is 24.5. The van der Waals surface area contributed by atoms with E-state index in [0.29, 0.717) is 4.57 Å². The largest absolute Gasteiger partial charge is 0.708 e. The number of aliphatic hydroxyl groups is 2. The van der Waals surface area contributed by atoms with E-state index in [0.717, 1.165) is 12.3 Å². The predicted octanol–water partition coefficient (Wildman–Crippen LogP) is -0.522. The molecule has 182 valence electrons. The molecule has 0 radical (unpaired) electrons. The van der Waals surface area contributed by atoms with Gasteiger partial charge >= 0.3 is 29.6 Å². The number of nitrogens with two attached hydrogens (primary N) is 1. The number of anilines is 1. The van der Waals surface area contributed by atoms with E-state index in [1.54, 1.807) is 0 Å². The number of ether oxygens (including phenoxy) is 1. The Balaban J connectivity index is 2.18. The van der Waals surface area contributed by atoms with Gasteiger partial charge in [0, 0.05) is 10.8 Å². The minimum absolute atomic E-state index is 0.244. The highest BCUT2D eigenvalue weighted by Crippen LogP contribution is 2.63. The minimum Gasteiger partial charge on any atom is -0.387 e. The SMILES string of the molecule is Nc1ccn([C@@H]2O[C@@](CO[P+](=O)OP(=O)(O)OP(=O)(O)OO)(C(F)F)[C@@H](O)[C@@H]2O)c(=O)n1. The summed E-state index contributed by atoms with van der Waals surface area (Å²) >= 11 is 0. The number of rotatable bonds is 10. The van der Waals surface area contributed by atoms with E-state index in [4.69, 9.17) is 25.5 Å². The first-order valence-electron chi connectivity index (χ1n) is 7.81. The van der Waals surface area contributed by atoms with Crippen molar-refractivity contribution in [2.24, 2.45) is 0 Å². The van der Waals surface area contributed by atoms with Gasteiger partial charge < -0.3 is 25.6 Å². The number of nitrogen functional groups attached to an aromatic ring is 1. The first kappa shape index (κ1) is 26.9. The number of aliphatic hydroxyl groups excluding tert-OH is 2. The summed E-state index contributed by atoms with van der Waals surface area (Å²) in [6, 6.07) is 1.06. The Bertz CT molecular complexity index is 1010. The standard InChI is InChI=1S/C10H14F2N3O14P3/c11-8(12)10(3-25-30(20)28-32(23,24)29-31(21,22)27-19)6(17)5(16)7(26-10)15-2-1-4(13)14-9(15)18/h1-2,5-8,16-17H,3H2,(H4-,13,14,18,19,21,22,23,24)/p+1/t5-,6-,7+,10+/m0/s1. The van der Waals surface area contributed by atoms with Crippen LogP contribution in [0.25, 0.3) is 0 Å². The Hall–Kier alpha value is -1.30. The molecule has 0 bridgehead atoms. The molecule has 1 aromatic rings. The maximum atomic E-state index is 13.8. The topological polar surface area (TPSA) is 259 Å². The summed E-state index contributed by atoms with van der Waals surface area (Å²) in [5.41, 5.74) is 1.02. The van der Waals surface area contributed by atoms with Gasteiger partial charge in [-0.15, -0.1) is 9.20 Å². The molecule has 17 nitrogen and oxygen atoms in total. The molecular weight excluding hydrogens is 517 g/mol. The highest BCUT2D eigenvalue weighted by Gasteiger charge is 2.62. The molecule has 3 unspecified atom stereocenters. The highest BCUT2D eigenvalue weighted by molar-refractivity contribution is 7.64. The maximum absolute atomic E-state index is 13.8. The van der Waals surface area contributed by atoms with E-state index in [1.165, 1.54) is 0 Å². The van der Waals surface area contributed by atoms with Gasteiger partial charge in [-0.3, -0.25) is 9.46 Å². The molecule has 22 heteroatoms. The van der Waals surface area contributed by atoms with Crippen LogP contribution in [0.3, 0.4) is 0 Å². The zero-order valence-corrected chi connectivity index (χ0v) is 17.8. The van der Waals surface area contributed by atoms with Gasteiger partial charge in [0.2, 0.25) is 0 Å². The summed E-state index contributed by atoms with van der Waals surface area (Å²) < 4.78 is 81.4. The molecule has 1 aliphatic rings. The molecular formula is C10H15F2N3O14P3+. The van der Waals surface area contributed by atoms with E-state index in [-0.39, 0.29) is 5.82 Å². The number of nitrogens with zero attached hydrogens (tertiary/aromatic N) is 2. The summed E-state index contributed by atoms with van der Waals surface area (Å²) in [6.07, 6.45) is -9.29. The Morgan fingerprint density at radius 2 is 1.97 bits per heavy atom. The smallest absolute Gasteiger partial charge is 0.387 e. The Kier molecular flexibility index (Phi) is 8.34. The van der Waals surface area contributed by atoms with Gasteiger partial charge in [0.05, 0.1) is 0 Å². The van der Waals surface area contributed by atoms with Crippen LogP contribution in [0.15, 0.2) is 17.1 Å². The van der Waals surface area contributed by atoms with E-state index in [2.05, 4.69) is 22.8 Å². The zero-order valence-electron chi connectivity index (χ0n) is 15.2. The third-order valence-electron chi connectivity index (χ3n) is 3.83. The fraction of sp³-hybridized carbons (Fsp3) is 0.600. The first-order valence-corrected chi connectivity index (χ1v) is 11.9. The lowest BCUT2D eigenvalue weighted by Gasteiger charge is -2.28. The van der Waals surface area contributed by atoms with Crippen molar-refractivity contribution in [3.05, 3.63) is 22.7 Å². The Morgan fingerprint density at radius 3 is 2.50 bits per heavy atom. The number of halogens is 2. The van der Waals surface area contributed by atoms with Gasteiger partial charge in [0.15, 0.2) is 11.8 Å². The molecule has 1 aliphatic heterocycles. The van der Waals surface area contributed by atoms with Crippen molar-refractivity contribution in [1.82, 2.24) is 9.55 Å². The average molecular weight is 532 g/mol. The van der Waals surface area contributed by atoms with Crippen molar-refractivity contribution in [1.29, 1.82) is 0 Å². The van der Waals surface area contributed by atoms with Crippen LogP contribution >= 0.6 is 23.9 Å². The molecule has 0 saturated carbocycles. The molecule has 2 heterocycles. The second-order valence-electron chi connectivity index (χ2n) is 5.92. The Labute approximate surface area is 176 Å². The summed E-state index contributed by atoms with van der Waals surface area (Å²) in [5, 5.41) is 28.2. The van der Waals surface area contributed by atoms with Crippen LogP contribution in [0.5, 0.6) is 0 Å². The molecule has 1 aromatic heterocycles. The molecule has 1 saturated heterocycles. The normalized spacial score (nSPS) is 30.1. The van der Waals surface area contributed by atoms with Crippen molar-refractivity contribution in [3.8, 4) is 0 Å². The van der Waals surface area contributed by atoms with Crippen molar-refractivity contribution in [3.63, 3.8) is 0 Å². The molecule has 0 amide bonds. The van der Waals surface area contributed by atoms with Crippen LogP contribution in [-0.4, -0.2) is 65.6 Å². The molecule has 0 aromatic carbocycles. The van der Waals surface area contributed by atoms with Gasteiger partial charge in [-0.05, 0) is 10.4 Å². The summed E-state index contributed by atoms with van der Waals surface area (Å²) in [6.45, 7) is -1.56. The quantitative estimate of drug-likeness (QED) is 0.126. The van der Waals surface area contributed by atoms with Crippen LogP contribution < -0.4 is 11.4 Å². The molecule has 1 fully saturated rings. The fourth-order valence-electron chi connectivity index (χ4n) is 2.43. The third-order valence-corrected chi connectivity index (χ3v) is 7.38. The fourth-order valence-corrected chi connectivity index (χ4v) is 5.15. The second kappa shape index (κ2) is 9.90. The van der Waals surface area contributed by atoms with Gasteiger partial charge in [-0.2, -0.15) is 9.29 Å². The summed E-state index contributed by atoms with van der Waals surface area (Å²) in [5.74, 6) is -0.244.